The molecule has 0 aromatic heterocycles. The van der Waals surface area contributed by atoms with Gasteiger partial charge in [0, 0.05) is 19.9 Å². The van der Waals surface area contributed by atoms with Crippen LogP contribution in [-0.2, 0) is 4.79 Å². The summed E-state index contributed by atoms with van der Waals surface area (Å²) in [5.41, 5.74) is 0. The highest BCUT2D eigenvalue weighted by Crippen LogP contribution is 1.88. The molecule has 0 rings (SSSR count). The lowest BCUT2D eigenvalue weighted by Crippen LogP contribution is -2.62. The zero-order valence-electron chi connectivity index (χ0n) is 7.31. The van der Waals surface area contributed by atoms with E-state index in [0.717, 1.165) is 25.8 Å². The minimum atomic E-state index is 0. The third-order valence-corrected chi connectivity index (χ3v) is 1.35. The summed E-state index contributed by atoms with van der Waals surface area (Å²) in [5.74, 6) is 0.0580. The van der Waals surface area contributed by atoms with Gasteiger partial charge in [-0.25, -0.2) is 0 Å². The third-order valence-electron chi connectivity index (χ3n) is 1.35. The second kappa shape index (κ2) is 10.1. The minimum absolute atomic E-state index is 0. The Balaban J connectivity index is 0. The molecule has 0 atom stereocenters. The highest BCUT2D eigenvalue weighted by atomic mass is 16.2. The molecule has 0 saturated carbocycles. The van der Waals surface area contributed by atoms with Gasteiger partial charge in [-0.15, -0.1) is 0 Å². The third kappa shape index (κ3) is 11.9. The average Bonchev–Trinajstić information content (AvgIpc) is 1.96. The van der Waals surface area contributed by atoms with Crippen molar-refractivity contribution in [3.63, 3.8) is 0 Å². The maximum Gasteiger partial charge on any atom is 0.216 e. The number of carbonyl (C=O) groups is 1. The van der Waals surface area contributed by atoms with Gasteiger partial charge in [0.25, 0.3) is 0 Å². The van der Waals surface area contributed by atoms with E-state index in [0.29, 0.717) is 0 Å². The average molecular weight is 176 g/mol. The summed E-state index contributed by atoms with van der Waals surface area (Å²) in [5, 5.41) is 2.75. The van der Waals surface area contributed by atoms with Gasteiger partial charge in [-0.05, 0) is 12.8 Å². The fourth-order valence-electron chi connectivity index (χ4n) is 0.780. The van der Waals surface area contributed by atoms with Crippen molar-refractivity contribution in [2.75, 3.05) is 13.6 Å². The van der Waals surface area contributed by atoms with Crippen LogP contribution < -0.4 is 10.3 Å². The molecule has 0 aliphatic heterocycles. The molecule has 0 aliphatic rings. The van der Waals surface area contributed by atoms with Gasteiger partial charge in [0.2, 0.25) is 5.91 Å². The van der Waals surface area contributed by atoms with E-state index in [4.69, 9.17) is 0 Å². The van der Waals surface area contributed by atoms with E-state index < -0.39 is 0 Å². The largest absolute Gasteiger partial charge is 0.356 e. The summed E-state index contributed by atoms with van der Waals surface area (Å²) < 4.78 is 0. The Bertz CT molecular complexity index is 132. The van der Waals surface area contributed by atoms with E-state index >= 15 is 0 Å². The van der Waals surface area contributed by atoms with E-state index in [1.54, 1.807) is 6.92 Å². The van der Waals surface area contributed by atoms with E-state index in [1.807, 2.05) is 13.3 Å². The van der Waals surface area contributed by atoms with E-state index in [9.17, 15) is 4.79 Å². The van der Waals surface area contributed by atoms with Gasteiger partial charge in [-0.1, -0.05) is 7.43 Å². The topological polar surface area (TPSA) is 43.1 Å². The number of hydrogen-bond acceptors (Lipinski definition) is 1. The molecule has 3 heteroatoms. The second-order valence-electron chi connectivity index (χ2n) is 2.47. The van der Waals surface area contributed by atoms with Crippen LogP contribution in [0.2, 0.25) is 0 Å². The monoisotopic (exact) mass is 176 g/mol. The molecule has 3 nitrogen and oxygen atoms in total. The Morgan fingerprint density at radius 3 is 2.67 bits per heavy atom. The molecular formula is C9H21N2O+. The van der Waals surface area contributed by atoms with Crippen molar-refractivity contribution >= 4 is 12.1 Å². The van der Waals surface area contributed by atoms with Crippen LogP contribution in [0.3, 0.4) is 0 Å². The van der Waals surface area contributed by atoms with Gasteiger partial charge in [0.15, 0.2) is 0 Å². The Labute approximate surface area is 75.3 Å². The molecular weight excluding hydrogens is 155 g/mol. The van der Waals surface area contributed by atoms with Crippen LogP contribution in [0.5, 0.6) is 0 Å². The normalized spacial score (nSPS) is 9.50. The molecule has 0 saturated heterocycles. The summed E-state index contributed by atoms with van der Waals surface area (Å²) >= 11 is 0. The van der Waals surface area contributed by atoms with Gasteiger partial charge >= 0.3 is 0 Å². The first kappa shape index (κ1) is 13.7. The molecule has 0 fully saturated rings. The first-order valence-corrected chi connectivity index (χ1v) is 4.00. The summed E-state index contributed by atoms with van der Waals surface area (Å²) in [6.07, 6.45) is 5.27. The smallest absolute Gasteiger partial charge is 0.216 e. The van der Waals surface area contributed by atoms with Crippen molar-refractivity contribution in [2.45, 2.75) is 33.6 Å². The molecule has 0 aliphatic carbocycles. The molecule has 0 unspecified atom stereocenters. The molecule has 72 valence electrons. The van der Waals surface area contributed by atoms with Crippen LogP contribution in [0.15, 0.2) is 0 Å². The van der Waals surface area contributed by atoms with Crippen molar-refractivity contribution < 1.29 is 9.79 Å². The lowest BCUT2D eigenvalue weighted by Gasteiger charge is -1.98. The van der Waals surface area contributed by atoms with Crippen molar-refractivity contribution in [3.8, 4) is 0 Å². The quantitative estimate of drug-likeness (QED) is 0.337. The molecule has 0 heterocycles. The lowest BCUT2D eigenvalue weighted by atomic mass is 10.2. The standard InChI is InChI=1S/C8H16N2O.CH4/c1-8(11)10-7-5-3-4-6-9-2;/h6H,3-5,7H2,1-2H3,(H,10,11);1H4/p+1/i2+1,8+1;1+1. The Morgan fingerprint density at radius 1 is 1.50 bits per heavy atom. The Hall–Kier alpha value is -0.860. The van der Waals surface area contributed by atoms with Crippen molar-refractivity contribution in [1.82, 2.24) is 5.32 Å². The summed E-state index contributed by atoms with van der Waals surface area (Å²) in [4.78, 5) is 13.4. The first-order valence-electron chi connectivity index (χ1n) is 4.00. The molecule has 2 N–H and O–H groups in total. The highest BCUT2D eigenvalue weighted by Gasteiger charge is 1.90. The molecule has 0 aromatic rings. The predicted molar refractivity (Wildman–Crippen MR) is 52.2 cm³/mol. The number of rotatable bonds is 5. The zero-order chi connectivity index (χ0) is 8.53. The van der Waals surface area contributed by atoms with Crippen LogP contribution in [0, 0.1) is 0 Å². The van der Waals surface area contributed by atoms with Gasteiger partial charge in [0.1, 0.15) is 13.3 Å². The van der Waals surface area contributed by atoms with Gasteiger partial charge in [-0.3, -0.25) is 9.79 Å². The summed E-state index contributed by atoms with van der Waals surface area (Å²) in [7, 11) is 1.90. The SMILES string of the molecule is C[13C](=O)NCCCCC=[NH+][13CH3].[13CH4]. The first-order chi connectivity index (χ1) is 5.27. The maximum absolute atomic E-state index is 10.4. The van der Waals surface area contributed by atoms with Crippen LogP contribution in [0.1, 0.15) is 33.6 Å². The van der Waals surface area contributed by atoms with Gasteiger partial charge in [-0.2, -0.15) is 0 Å². The van der Waals surface area contributed by atoms with E-state index in [1.165, 1.54) is 0 Å². The van der Waals surface area contributed by atoms with Crippen molar-refractivity contribution in [2.24, 2.45) is 0 Å². The number of carbonyl (C=O) groups excluding carboxylic acids is 1. The second-order valence-corrected chi connectivity index (χ2v) is 2.47. The summed E-state index contributed by atoms with van der Waals surface area (Å²) in [6, 6.07) is 0. The molecule has 0 spiro atoms. The van der Waals surface area contributed by atoms with Crippen LogP contribution >= 0.6 is 0 Å². The molecule has 0 bridgehead atoms. The minimum Gasteiger partial charge on any atom is -0.356 e. The maximum atomic E-state index is 10.4. The van der Waals surface area contributed by atoms with E-state index in [2.05, 4.69) is 10.3 Å². The molecule has 1 amide bonds. The zero-order valence-corrected chi connectivity index (χ0v) is 7.31. The predicted octanol–water partition coefficient (Wildman–Crippen LogP) is -0.290. The number of unbranched alkanes of at least 4 members (excludes halogenated alkanes) is 2. The molecule has 12 heavy (non-hydrogen) atoms. The highest BCUT2D eigenvalue weighted by molar-refractivity contribution is 5.72. The Morgan fingerprint density at radius 2 is 2.17 bits per heavy atom. The van der Waals surface area contributed by atoms with Crippen molar-refractivity contribution in [3.05, 3.63) is 0 Å². The molecule has 0 radical (unpaired) electrons. The number of amides is 1. The van der Waals surface area contributed by atoms with Gasteiger partial charge < -0.3 is 5.32 Å². The van der Waals surface area contributed by atoms with E-state index in [-0.39, 0.29) is 13.3 Å². The number of hydrogen-bond donors (Lipinski definition) is 2. The van der Waals surface area contributed by atoms with Crippen molar-refractivity contribution in [1.29, 1.82) is 0 Å². The summed E-state index contributed by atoms with van der Waals surface area (Å²) in [6.45, 7) is 2.34. The Kier molecular flexibility index (Phi) is 11.6. The van der Waals surface area contributed by atoms with Crippen LogP contribution in [-0.4, -0.2) is 25.7 Å². The van der Waals surface area contributed by atoms with Crippen LogP contribution in [0.25, 0.3) is 0 Å². The fraction of sp³-hybridized carbons (Fsp3) is 0.778. The number of nitrogens with one attached hydrogen (secondary N) is 2. The van der Waals surface area contributed by atoms with Crippen LogP contribution in [0.4, 0.5) is 0 Å². The fourth-order valence-corrected chi connectivity index (χ4v) is 0.780. The molecule has 0 aromatic carbocycles. The lowest BCUT2D eigenvalue weighted by molar-refractivity contribution is -0.415. The van der Waals surface area contributed by atoms with Gasteiger partial charge in [0.05, 0.1) is 0 Å².